The topological polar surface area (TPSA) is 41.6 Å². The lowest BCUT2D eigenvalue weighted by Gasteiger charge is -2.30. The summed E-state index contributed by atoms with van der Waals surface area (Å²) in [5.74, 6) is 1.56. The maximum atomic E-state index is 11.9. The second kappa shape index (κ2) is 6.45. The molecule has 0 atom stereocenters. The largest absolute Gasteiger partial charge is 0.490 e. The molecule has 0 aromatic heterocycles. The van der Waals surface area contributed by atoms with Gasteiger partial charge in [-0.2, -0.15) is 0 Å². The van der Waals surface area contributed by atoms with Crippen molar-refractivity contribution in [1.82, 2.24) is 5.32 Å². The number of hydrogen-bond donors (Lipinski definition) is 1. The summed E-state index contributed by atoms with van der Waals surface area (Å²) in [4.78, 5) is 14.0. The number of amides is 1. The predicted octanol–water partition coefficient (Wildman–Crippen LogP) is 2.05. The Morgan fingerprint density at radius 3 is 3.00 bits per heavy atom. The maximum Gasteiger partial charge on any atom is 0.239 e. The molecule has 1 aliphatic rings. The van der Waals surface area contributed by atoms with Crippen LogP contribution in [0.3, 0.4) is 0 Å². The Kier molecular flexibility index (Phi) is 4.66. The summed E-state index contributed by atoms with van der Waals surface area (Å²) in [6.07, 6.45) is 1.02. The molecule has 0 saturated carbocycles. The molecule has 104 valence electrons. The number of hydrogen-bond acceptors (Lipinski definition) is 3. The lowest BCUT2D eigenvalue weighted by molar-refractivity contribution is -0.119. The van der Waals surface area contributed by atoms with Crippen LogP contribution in [0.2, 0.25) is 0 Å². The number of ether oxygens (including phenoxy) is 1. The molecule has 0 unspecified atom stereocenters. The number of carbonyl (C=O) groups excluding carboxylic acids is 1. The number of para-hydroxylation sites is 2. The summed E-state index contributed by atoms with van der Waals surface area (Å²) >= 11 is 0. The van der Waals surface area contributed by atoms with Gasteiger partial charge < -0.3 is 15.0 Å². The minimum absolute atomic E-state index is 0.0809. The second-order valence-electron chi connectivity index (χ2n) is 5.27. The summed E-state index contributed by atoms with van der Waals surface area (Å²) in [6.45, 7) is 6.86. The van der Waals surface area contributed by atoms with E-state index in [4.69, 9.17) is 4.74 Å². The van der Waals surface area contributed by atoms with Gasteiger partial charge in [0.2, 0.25) is 5.91 Å². The van der Waals surface area contributed by atoms with Crippen molar-refractivity contribution in [3.8, 4) is 5.75 Å². The standard InChI is InChI=1S/C15H22N2O2/c1-12(2)7-8-16-15(18)11-17-9-10-19-14-6-4-3-5-13(14)17/h3-6,12H,7-11H2,1-2H3,(H,16,18). The number of nitrogens with zero attached hydrogens (tertiary/aromatic N) is 1. The Labute approximate surface area is 114 Å². The van der Waals surface area contributed by atoms with Crippen LogP contribution in [0.5, 0.6) is 5.75 Å². The smallest absolute Gasteiger partial charge is 0.239 e. The zero-order valence-electron chi connectivity index (χ0n) is 11.7. The van der Waals surface area contributed by atoms with Crippen LogP contribution in [0.25, 0.3) is 0 Å². The molecule has 0 saturated heterocycles. The van der Waals surface area contributed by atoms with E-state index in [1.54, 1.807) is 0 Å². The van der Waals surface area contributed by atoms with Crippen LogP contribution in [0.1, 0.15) is 20.3 Å². The van der Waals surface area contributed by atoms with Gasteiger partial charge in [-0.3, -0.25) is 4.79 Å². The van der Waals surface area contributed by atoms with Gasteiger partial charge in [0.25, 0.3) is 0 Å². The highest BCUT2D eigenvalue weighted by Crippen LogP contribution is 2.30. The average molecular weight is 262 g/mol. The van der Waals surface area contributed by atoms with E-state index in [0.29, 0.717) is 19.1 Å². The molecule has 2 rings (SSSR count). The van der Waals surface area contributed by atoms with Crippen molar-refractivity contribution in [3.05, 3.63) is 24.3 Å². The molecule has 4 heteroatoms. The lowest BCUT2D eigenvalue weighted by atomic mass is 10.1. The van der Waals surface area contributed by atoms with Crippen molar-refractivity contribution in [2.24, 2.45) is 5.92 Å². The SMILES string of the molecule is CC(C)CCNC(=O)CN1CCOc2ccccc21. The fourth-order valence-electron chi connectivity index (χ4n) is 2.12. The van der Waals surface area contributed by atoms with E-state index >= 15 is 0 Å². The molecule has 4 nitrogen and oxygen atoms in total. The van der Waals surface area contributed by atoms with Crippen LogP contribution < -0.4 is 15.0 Å². The summed E-state index contributed by atoms with van der Waals surface area (Å²) in [6, 6.07) is 7.86. The minimum Gasteiger partial charge on any atom is -0.490 e. The van der Waals surface area contributed by atoms with Gasteiger partial charge in [-0.1, -0.05) is 26.0 Å². The van der Waals surface area contributed by atoms with Gasteiger partial charge in [-0.15, -0.1) is 0 Å². The zero-order valence-corrected chi connectivity index (χ0v) is 11.7. The number of fused-ring (bicyclic) bond motifs is 1. The molecular formula is C15H22N2O2. The molecule has 0 bridgehead atoms. The highest BCUT2D eigenvalue weighted by atomic mass is 16.5. The summed E-state index contributed by atoms with van der Waals surface area (Å²) in [7, 11) is 0. The third-order valence-corrected chi connectivity index (χ3v) is 3.20. The van der Waals surface area contributed by atoms with E-state index in [1.807, 2.05) is 24.3 Å². The maximum absolute atomic E-state index is 11.9. The monoisotopic (exact) mass is 262 g/mol. The Hall–Kier alpha value is -1.71. The first kappa shape index (κ1) is 13.7. The molecule has 1 aliphatic heterocycles. The first-order valence-corrected chi connectivity index (χ1v) is 6.90. The van der Waals surface area contributed by atoms with Gasteiger partial charge in [0.1, 0.15) is 12.4 Å². The van der Waals surface area contributed by atoms with E-state index in [1.165, 1.54) is 0 Å². The first-order chi connectivity index (χ1) is 9.16. The van der Waals surface area contributed by atoms with E-state index in [9.17, 15) is 4.79 Å². The molecule has 0 fully saturated rings. The lowest BCUT2D eigenvalue weighted by Crippen LogP contribution is -2.41. The summed E-state index contributed by atoms with van der Waals surface area (Å²) in [5.41, 5.74) is 1.01. The van der Waals surface area contributed by atoms with Gasteiger partial charge >= 0.3 is 0 Å². The summed E-state index contributed by atoms with van der Waals surface area (Å²) in [5, 5.41) is 2.97. The molecule has 1 aromatic rings. The molecule has 0 aliphatic carbocycles. The van der Waals surface area contributed by atoms with Gasteiger partial charge in [-0.25, -0.2) is 0 Å². The number of benzene rings is 1. The first-order valence-electron chi connectivity index (χ1n) is 6.90. The van der Waals surface area contributed by atoms with E-state index < -0.39 is 0 Å². The number of nitrogens with one attached hydrogen (secondary N) is 1. The van der Waals surface area contributed by atoms with Crippen LogP contribution in [0.4, 0.5) is 5.69 Å². The Morgan fingerprint density at radius 1 is 1.42 bits per heavy atom. The van der Waals surface area contributed by atoms with Crippen LogP contribution in [0.15, 0.2) is 24.3 Å². The van der Waals surface area contributed by atoms with E-state index in [2.05, 4.69) is 24.1 Å². The molecule has 1 amide bonds. The number of carbonyl (C=O) groups is 1. The van der Waals surface area contributed by atoms with Crippen molar-refractivity contribution in [3.63, 3.8) is 0 Å². The van der Waals surface area contributed by atoms with Gasteiger partial charge in [0.05, 0.1) is 18.8 Å². The zero-order chi connectivity index (χ0) is 13.7. The predicted molar refractivity (Wildman–Crippen MR) is 76.6 cm³/mol. The van der Waals surface area contributed by atoms with Crippen molar-refractivity contribution in [1.29, 1.82) is 0 Å². The third-order valence-electron chi connectivity index (χ3n) is 3.20. The summed E-state index contributed by atoms with van der Waals surface area (Å²) < 4.78 is 5.57. The van der Waals surface area contributed by atoms with E-state index in [-0.39, 0.29) is 5.91 Å². The highest BCUT2D eigenvalue weighted by molar-refractivity contribution is 5.82. The number of anilines is 1. The normalized spacial score (nSPS) is 13.9. The molecule has 0 spiro atoms. The van der Waals surface area contributed by atoms with E-state index in [0.717, 1.165) is 30.9 Å². The Balaban J connectivity index is 1.88. The fourth-order valence-corrected chi connectivity index (χ4v) is 2.12. The van der Waals surface area contributed by atoms with Gasteiger partial charge in [-0.05, 0) is 24.5 Å². The Bertz CT molecular complexity index is 432. The van der Waals surface area contributed by atoms with Crippen molar-refractivity contribution < 1.29 is 9.53 Å². The van der Waals surface area contributed by atoms with Gasteiger partial charge in [0.15, 0.2) is 0 Å². The third kappa shape index (κ3) is 3.88. The van der Waals surface area contributed by atoms with Crippen LogP contribution in [-0.4, -0.2) is 32.1 Å². The second-order valence-corrected chi connectivity index (χ2v) is 5.27. The molecular weight excluding hydrogens is 240 g/mol. The molecule has 1 heterocycles. The van der Waals surface area contributed by atoms with Crippen molar-refractivity contribution in [2.45, 2.75) is 20.3 Å². The molecule has 1 aromatic carbocycles. The molecule has 0 radical (unpaired) electrons. The average Bonchev–Trinajstić information content (AvgIpc) is 2.39. The van der Waals surface area contributed by atoms with Crippen LogP contribution >= 0.6 is 0 Å². The van der Waals surface area contributed by atoms with Gasteiger partial charge in [0, 0.05) is 6.54 Å². The highest BCUT2D eigenvalue weighted by Gasteiger charge is 2.19. The fraction of sp³-hybridized carbons (Fsp3) is 0.533. The molecule has 19 heavy (non-hydrogen) atoms. The van der Waals surface area contributed by atoms with Crippen molar-refractivity contribution in [2.75, 3.05) is 31.1 Å². The van der Waals surface area contributed by atoms with Crippen LogP contribution in [0, 0.1) is 5.92 Å². The van der Waals surface area contributed by atoms with Crippen LogP contribution in [-0.2, 0) is 4.79 Å². The van der Waals surface area contributed by atoms with Crippen molar-refractivity contribution >= 4 is 11.6 Å². The molecule has 1 N–H and O–H groups in total. The number of rotatable bonds is 5. The Morgan fingerprint density at radius 2 is 2.21 bits per heavy atom. The quantitative estimate of drug-likeness (QED) is 0.883. The minimum atomic E-state index is 0.0809.